The van der Waals surface area contributed by atoms with Gasteiger partial charge >= 0.3 is 0 Å². The Hall–Kier alpha value is -1.94. The fourth-order valence-electron chi connectivity index (χ4n) is 3.47. The molecular formula is C17H18N4O3S2. The van der Waals surface area contributed by atoms with Gasteiger partial charge in [-0.1, -0.05) is 12.1 Å². The molecule has 0 bridgehead atoms. The van der Waals surface area contributed by atoms with Gasteiger partial charge in [-0.15, -0.1) is 0 Å². The first-order chi connectivity index (χ1) is 12.6. The minimum Gasteiger partial charge on any atom is -0.384 e. The van der Waals surface area contributed by atoms with Gasteiger partial charge in [0.1, 0.15) is 15.9 Å². The Kier molecular flexibility index (Phi) is 4.70. The number of fused-ring (bicyclic) bond motifs is 1. The molecule has 26 heavy (non-hydrogen) atoms. The molecule has 0 saturated carbocycles. The van der Waals surface area contributed by atoms with Crippen LogP contribution in [-0.4, -0.2) is 53.3 Å². The van der Waals surface area contributed by atoms with Crippen molar-refractivity contribution >= 4 is 32.8 Å². The van der Waals surface area contributed by atoms with Gasteiger partial charge in [-0.25, -0.2) is 8.42 Å². The first-order valence-electron chi connectivity index (χ1n) is 8.22. The van der Waals surface area contributed by atoms with Gasteiger partial charge in [0.05, 0.1) is 18.3 Å². The molecule has 1 fully saturated rings. The molecule has 0 amide bonds. The lowest BCUT2D eigenvalue weighted by Crippen LogP contribution is -2.29. The lowest BCUT2D eigenvalue weighted by atomic mass is 9.93. The van der Waals surface area contributed by atoms with Crippen LogP contribution in [0.2, 0.25) is 0 Å². The molecule has 2 atom stereocenters. The number of sulfonamides is 1. The molecule has 1 aromatic carbocycles. The van der Waals surface area contributed by atoms with Crippen LogP contribution in [0.4, 0.5) is 0 Å². The van der Waals surface area contributed by atoms with Gasteiger partial charge in [0.2, 0.25) is 10.0 Å². The average molecular weight is 390 g/mol. The minimum atomic E-state index is -3.67. The summed E-state index contributed by atoms with van der Waals surface area (Å²) in [6.07, 6.45) is 1.73. The highest BCUT2D eigenvalue weighted by Gasteiger charge is 2.41. The third-order valence-electron chi connectivity index (χ3n) is 4.72. The standard InChI is InChI=1S/C17H18N4O3S2/c1-24-11-12-9-21(10-13(12)14-5-2-3-8-18-14)26(22,23)16-7-4-6-15-17(16)20-25-19-15/h2-8,12-13H,9-11H2,1H3/t12-,13+/m0/s1. The van der Waals surface area contributed by atoms with Crippen LogP contribution >= 0.6 is 11.7 Å². The molecule has 0 unspecified atom stereocenters. The van der Waals surface area contributed by atoms with E-state index < -0.39 is 10.0 Å². The number of aromatic nitrogens is 3. The minimum absolute atomic E-state index is 0.00122. The normalized spacial score (nSPS) is 21.4. The van der Waals surface area contributed by atoms with E-state index >= 15 is 0 Å². The highest BCUT2D eigenvalue weighted by Crippen LogP contribution is 2.36. The zero-order valence-corrected chi connectivity index (χ0v) is 15.8. The summed E-state index contributed by atoms with van der Waals surface area (Å²) in [5.41, 5.74) is 1.92. The van der Waals surface area contributed by atoms with Crippen molar-refractivity contribution in [2.24, 2.45) is 5.92 Å². The van der Waals surface area contributed by atoms with Crippen molar-refractivity contribution in [3.8, 4) is 0 Å². The number of ether oxygens (including phenoxy) is 1. The number of methoxy groups -OCH3 is 1. The molecule has 1 aliphatic rings. The predicted octanol–water partition coefficient (Wildman–Crippen LogP) is 2.14. The van der Waals surface area contributed by atoms with Gasteiger partial charge in [0.15, 0.2) is 0 Å². The molecular weight excluding hydrogens is 372 g/mol. The Morgan fingerprint density at radius 3 is 2.85 bits per heavy atom. The quantitative estimate of drug-likeness (QED) is 0.663. The number of hydrogen-bond acceptors (Lipinski definition) is 7. The number of benzene rings is 1. The molecule has 2 aromatic heterocycles. The van der Waals surface area contributed by atoms with Crippen molar-refractivity contribution in [3.05, 3.63) is 48.3 Å². The number of nitrogens with zero attached hydrogens (tertiary/aromatic N) is 4. The average Bonchev–Trinajstić information content (AvgIpc) is 3.29. The van der Waals surface area contributed by atoms with Gasteiger partial charge < -0.3 is 4.74 Å². The topological polar surface area (TPSA) is 85.3 Å². The SMILES string of the molecule is COC[C@@H]1CN(S(=O)(=O)c2cccc3nsnc23)C[C@H]1c1ccccn1. The van der Waals surface area contributed by atoms with E-state index in [9.17, 15) is 8.42 Å². The van der Waals surface area contributed by atoms with E-state index in [4.69, 9.17) is 4.74 Å². The fourth-order valence-corrected chi connectivity index (χ4v) is 5.75. The Balaban J connectivity index is 1.70. The maximum Gasteiger partial charge on any atom is 0.245 e. The highest BCUT2D eigenvalue weighted by molar-refractivity contribution is 7.89. The van der Waals surface area contributed by atoms with E-state index in [-0.39, 0.29) is 16.7 Å². The van der Waals surface area contributed by atoms with Crippen LogP contribution in [-0.2, 0) is 14.8 Å². The molecule has 1 saturated heterocycles. The fraction of sp³-hybridized carbons (Fsp3) is 0.353. The van der Waals surface area contributed by atoms with Crippen LogP contribution in [0.3, 0.4) is 0 Å². The van der Waals surface area contributed by atoms with Gasteiger partial charge in [-0.05, 0) is 24.3 Å². The lowest BCUT2D eigenvalue weighted by molar-refractivity contribution is 0.150. The number of rotatable bonds is 5. The Labute approximate surface area is 156 Å². The molecule has 0 radical (unpaired) electrons. The van der Waals surface area contributed by atoms with Gasteiger partial charge in [0, 0.05) is 43.9 Å². The van der Waals surface area contributed by atoms with Crippen molar-refractivity contribution in [2.45, 2.75) is 10.8 Å². The van der Waals surface area contributed by atoms with Gasteiger partial charge in [0.25, 0.3) is 0 Å². The van der Waals surface area contributed by atoms with Crippen LogP contribution < -0.4 is 0 Å². The first kappa shape index (κ1) is 17.5. The molecule has 1 aliphatic heterocycles. The predicted molar refractivity (Wildman–Crippen MR) is 98.5 cm³/mol. The molecule has 7 nitrogen and oxygen atoms in total. The second-order valence-electron chi connectivity index (χ2n) is 6.29. The van der Waals surface area contributed by atoms with Crippen molar-refractivity contribution in [1.82, 2.24) is 18.0 Å². The summed E-state index contributed by atoms with van der Waals surface area (Å²) in [4.78, 5) is 4.64. The molecule has 4 rings (SSSR count). The Morgan fingerprint density at radius 2 is 2.08 bits per heavy atom. The summed E-state index contributed by atoms with van der Waals surface area (Å²) in [6.45, 7) is 1.25. The monoisotopic (exact) mass is 390 g/mol. The zero-order chi connectivity index (χ0) is 18.1. The van der Waals surface area contributed by atoms with Gasteiger partial charge in [-0.2, -0.15) is 13.1 Å². The maximum absolute atomic E-state index is 13.3. The van der Waals surface area contributed by atoms with Crippen molar-refractivity contribution in [3.63, 3.8) is 0 Å². The van der Waals surface area contributed by atoms with Crippen LogP contribution in [0.5, 0.6) is 0 Å². The lowest BCUT2D eigenvalue weighted by Gasteiger charge is -2.16. The summed E-state index contributed by atoms with van der Waals surface area (Å²) >= 11 is 1.02. The van der Waals surface area contributed by atoms with Crippen LogP contribution in [0.1, 0.15) is 11.6 Å². The van der Waals surface area contributed by atoms with Crippen LogP contribution in [0, 0.1) is 5.92 Å². The summed E-state index contributed by atoms with van der Waals surface area (Å²) in [7, 11) is -2.04. The summed E-state index contributed by atoms with van der Waals surface area (Å²) in [5.74, 6) is 0.0520. The molecule has 3 aromatic rings. The third kappa shape index (κ3) is 3.01. The van der Waals surface area contributed by atoms with Crippen molar-refractivity contribution in [1.29, 1.82) is 0 Å². The Morgan fingerprint density at radius 1 is 1.19 bits per heavy atom. The van der Waals surface area contributed by atoms with Crippen LogP contribution in [0.15, 0.2) is 47.5 Å². The van der Waals surface area contributed by atoms with E-state index in [1.807, 2.05) is 18.2 Å². The summed E-state index contributed by atoms with van der Waals surface area (Å²) in [6, 6.07) is 10.8. The molecule has 9 heteroatoms. The zero-order valence-electron chi connectivity index (χ0n) is 14.1. The first-order valence-corrected chi connectivity index (χ1v) is 10.4. The van der Waals surface area contributed by atoms with E-state index in [0.717, 1.165) is 17.4 Å². The molecule has 3 heterocycles. The van der Waals surface area contributed by atoms with Crippen molar-refractivity contribution in [2.75, 3.05) is 26.8 Å². The Bertz CT molecular complexity index is 1010. The second kappa shape index (κ2) is 6.99. The van der Waals surface area contributed by atoms with Gasteiger partial charge in [-0.3, -0.25) is 4.98 Å². The molecule has 0 spiro atoms. The second-order valence-corrected chi connectivity index (χ2v) is 8.72. The van der Waals surface area contributed by atoms with E-state index in [0.29, 0.717) is 30.7 Å². The van der Waals surface area contributed by atoms with E-state index in [2.05, 4.69) is 13.7 Å². The molecule has 0 N–H and O–H groups in total. The smallest absolute Gasteiger partial charge is 0.245 e. The van der Waals surface area contributed by atoms with Crippen molar-refractivity contribution < 1.29 is 13.2 Å². The maximum atomic E-state index is 13.3. The van der Waals surface area contributed by atoms with E-state index in [1.54, 1.807) is 31.5 Å². The largest absolute Gasteiger partial charge is 0.384 e. The highest BCUT2D eigenvalue weighted by atomic mass is 32.2. The number of pyridine rings is 1. The summed E-state index contributed by atoms with van der Waals surface area (Å²) in [5, 5.41) is 0. The summed E-state index contributed by atoms with van der Waals surface area (Å²) < 4.78 is 41.7. The third-order valence-corrected chi connectivity index (χ3v) is 7.13. The van der Waals surface area contributed by atoms with E-state index in [1.165, 1.54) is 4.31 Å². The molecule has 136 valence electrons. The van der Waals surface area contributed by atoms with Crippen LogP contribution in [0.25, 0.3) is 11.0 Å². The number of hydrogen-bond donors (Lipinski definition) is 0. The molecule has 0 aliphatic carbocycles.